The summed E-state index contributed by atoms with van der Waals surface area (Å²) >= 11 is 5.88. The van der Waals surface area contributed by atoms with E-state index in [1.54, 1.807) is 0 Å². The molecule has 1 aliphatic carbocycles. The second-order valence-corrected chi connectivity index (χ2v) is 6.49. The summed E-state index contributed by atoms with van der Waals surface area (Å²) in [6, 6.07) is 17.4. The lowest BCUT2D eigenvalue weighted by molar-refractivity contribution is 0.251. The fourth-order valence-corrected chi connectivity index (χ4v) is 2.75. The van der Waals surface area contributed by atoms with Crippen molar-refractivity contribution in [3.05, 3.63) is 64.7 Å². The first-order valence-corrected chi connectivity index (χ1v) is 8.20. The average Bonchev–Trinajstić information content (AvgIpc) is 3.38. The highest BCUT2D eigenvalue weighted by molar-refractivity contribution is 6.30. The van der Waals surface area contributed by atoms with Gasteiger partial charge in [0.05, 0.1) is 0 Å². The number of benzene rings is 2. The minimum atomic E-state index is 0.456. The zero-order valence-corrected chi connectivity index (χ0v) is 13.9. The van der Waals surface area contributed by atoms with Crippen molar-refractivity contribution in [1.29, 1.82) is 0 Å². The number of nitrogens with zero attached hydrogens (tertiary/aromatic N) is 1. The van der Waals surface area contributed by atoms with Gasteiger partial charge in [0.2, 0.25) is 0 Å². The van der Waals surface area contributed by atoms with Gasteiger partial charge in [0, 0.05) is 17.1 Å². The first kappa shape index (κ1) is 15.4. The maximum Gasteiger partial charge on any atom is 0.119 e. The summed E-state index contributed by atoms with van der Waals surface area (Å²) in [5, 5.41) is 0.752. The van der Waals surface area contributed by atoms with E-state index in [-0.39, 0.29) is 0 Å². The number of ether oxygens (including phenoxy) is 1. The smallest absolute Gasteiger partial charge is 0.119 e. The second kappa shape index (κ2) is 6.72. The van der Waals surface area contributed by atoms with Crippen LogP contribution in [0.3, 0.4) is 0 Å². The van der Waals surface area contributed by atoms with E-state index in [0.717, 1.165) is 22.4 Å². The van der Waals surface area contributed by atoms with Crippen molar-refractivity contribution in [3.8, 4) is 5.75 Å². The largest absolute Gasteiger partial charge is 0.489 e. The summed E-state index contributed by atoms with van der Waals surface area (Å²) in [5.41, 5.74) is 2.46. The van der Waals surface area contributed by atoms with Crippen LogP contribution in [0.4, 0.5) is 0 Å². The molecular formula is C19H22ClNO. The van der Waals surface area contributed by atoms with Gasteiger partial charge in [-0.05, 0) is 62.2 Å². The van der Waals surface area contributed by atoms with Gasteiger partial charge in [-0.3, -0.25) is 4.90 Å². The molecule has 0 amide bonds. The van der Waals surface area contributed by atoms with Crippen LogP contribution in [-0.2, 0) is 6.61 Å². The zero-order chi connectivity index (χ0) is 15.5. The third-order valence-corrected chi connectivity index (χ3v) is 4.67. The van der Waals surface area contributed by atoms with Gasteiger partial charge in [0.15, 0.2) is 0 Å². The van der Waals surface area contributed by atoms with Crippen molar-refractivity contribution >= 4 is 11.6 Å². The van der Waals surface area contributed by atoms with Crippen molar-refractivity contribution in [3.63, 3.8) is 0 Å². The summed E-state index contributed by atoms with van der Waals surface area (Å²) in [6.45, 7) is 2.83. The van der Waals surface area contributed by atoms with Crippen molar-refractivity contribution in [2.45, 2.75) is 38.5 Å². The Labute approximate surface area is 137 Å². The van der Waals surface area contributed by atoms with Crippen LogP contribution in [0.15, 0.2) is 48.5 Å². The molecule has 0 spiro atoms. The van der Waals surface area contributed by atoms with E-state index >= 15 is 0 Å². The Kier molecular flexibility index (Phi) is 4.70. The van der Waals surface area contributed by atoms with E-state index < -0.39 is 0 Å². The highest BCUT2D eigenvalue weighted by Crippen LogP contribution is 2.33. The Morgan fingerprint density at radius 2 is 1.73 bits per heavy atom. The fraction of sp³-hybridized carbons (Fsp3) is 0.368. The molecule has 2 aromatic carbocycles. The molecule has 0 heterocycles. The molecule has 116 valence electrons. The van der Waals surface area contributed by atoms with Gasteiger partial charge in [-0.25, -0.2) is 0 Å². The van der Waals surface area contributed by atoms with Gasteiger partial charge >= 0.3 is 0 Å². The molecule has 2 nitrogen and oxygen atoms in total. The van der Waals surface area contributed by atoms with Crippen LogP contribution in [0.2, 0.25) is 5.02 Å². The number of hydrogen-bond donors (Lipinski definition) is 0. The van der Waals surface area contributed by atoms with E-state index in [4.69, 9.17) is 16.3 Å². The van der Waals surface area contributed by atoms with Crippen molar-refractivity contribution in [2.75, 3.05) is 7.05 Å². The van der Waals surface area contributed by atoms with Crippen LogP contribution in [0.1, 0.15) is 36.9 Å². The van der Waals surface area contributed by atoms with Gasteiger partial charge < -0.3 is 4.74 Å². The fourth-order valence-electron chi connectivity index (χ4n) is 2.62. The lowest BCUT2D eigenvalue weighted by Gasteiger charge is -2.25. The van der Waals surface area contributed by atoms with Gasteiger partial charge in [-0.1, -0.05) is 35.9 Å². The number of rotatable bonds is 6. The quantitative estimate of drug-likeness (QED) is 0.737. The van der Waals surface area contributed by atoms with Crippen LogP contribution < -0.4 is 4.74 Å². The topological polar surface area (TPSA) is 12.5 Å². The minimum absolute atomic E-state index is 0.456. The standard InChI is InChI=1S/C19H22ClNO/c1-14(21(2)18-9-10-18)16-5-11-19(12-6-16)22-13-15-3-7-17(20)8-4-15/h3-8,11-12,14,18H,9-10,13H2,1-2H3. The molecule has 1 aliphatic rings. The van der Waals surface area contributed by atoms with Crippen LogP contribution in [0, 0.1) is 0 Å². The Balaban J connectivity index is 1.57. The van der Waals surface area contributed by atoms with Crippen LogP contribution in [0.5, 0.6) is 5.75 Å². The third kappa shape index (κ3) is 3.82. The Morgan fingerprint density at radius 1 is 1.09 bits per heavy atom. The summed E-state index contributed by atoms with van der Waals surface area (Å²) in [4.78, 5) is 2.46. The Bertz CT molecular complexity index is 604. The molecule has 3 heteroatoms. The molecule has 1 atom stereocenters. The third-order valence-electron chi connectivity index (χ3n) is 4.42. The molecule has 0 saturated heterocycles. The molecule has 0 radical (unpaired) electrons. The van der Waals surface area contributed by atoms with E-state index in [9.17, 15) is 0 Å². The monoisotopic (exact) mass is 315 g/mol. The molecule has 0 bridgehead atoms. The molecule has 1 saturated carbocycles. The van der Waals surface area contributed by atoms with Crippen LogP contribution in [0.25, 0.3) is 0 Å². The molecule has 0 aliphatic heterocycles. The minimum Gasteiger partial charge on any atom is -0.489 e. The summed E-state index contributed by atoms with van der Waals surface area (Å²) in [6.07, 6.45) is 2.67. The average molecular weight is 316 g/mol. The molecule has 1 fully saturated rings. The number of halogens is 1. The molecule has 3 rings (SSSR count). The van der Waals surface area contributed by atoms with Gasteiger partial charge in [-0.15, -0.1) is 0 Å². The zero-order valence-electron chi connectivity index (χ0n) is 13.1. The molecule has 0 aromatic heterocycles. The lowest BCUT2D eigenvalue weighted by Crippen LogP contribution is -2.24. The van der Waals surface area contributed by atoms with Gasteiger partial charge in [0.1, 0.15) is 12.4 Å². The first-order chi connectivity index (χ1) is 10.6. The number of hydrogen-bond acceptors (Lipinski definition) is 2. The summed E-state index contributed by atoms with van der Waals surface area (Å²) in [5.74, 6) is 0.903. The SMILES string of the molecule is CC(c1ccc(OCc2ccc(Cl)cc2)cc1)N(C)C1CC1. The Hall–Kier alpha value is -1.51. The molecule has 2 aromatic rings. The summed E-state index contributed by atoms with van der Waals surface area (Å²) in [7, 11) is 2.22. The highest BCUT2D eigenvalue weighted by atomic mass is 35.5. The van der Waals surface area contributed by atoms with Gasteiger partial charge in [-0.2, -0.15) is 0 Å². The molecule has 1 unspecified atom stereocenters. The van der Waals surface area contributed by atoms with E-state index in [2.05, 4.69) is 43.1 Å². The predicted octanol–water partition coefficient (Wildman–Crippen LogP) is 5.07. The van der Waals surface area contributed by atoms with Crippen LogP contribution in [-0.4, -0.2) is 18.0 Å². The highest BCUT2D eigenvalue weighted by Gasteiger charge is 2.29. The molecule has 0 N–H and O–H groups in total. The summed E-state index contributed by atoms with van der Waals surface area (Å²) < 4.78 is 5.83. The van der Waals surface area contributed by atoms with E-state index in [1.165, 1.54) is 18.4 Å². The van der Waals surface area contributed by atoms with Crippen molar-refractivity contribution in [2.24, 2.45) is 0 Å². The molecule has 22 heavy (non-hydrogen) atoms. The van der Waals surface area contributed by atoms with Gasteiger partial charge in [0.25, 0.3) is 0 Å². The van der Waals surface area contributed by atoms with Crippen molar-refractivity contribution < 1.29 is 4.74 Å². The first-order valence-electron chi connectivity index (χ1n) is 7.82. The maximum absolute atomic E-state index is 5.88. The normalized spacial score (nSPS) is 15.8. The van der Waals surface area contributed by atoms with Crippen LogP contribution >= 0.6 is 11.6 Å². The Morgan fingerprint density at radius 3 is 2.32 bits per heavy atom. The maximum atomic E-state index is 5.88. The molecular weight excluding hydrogens is 294 g/mol. The van der Waals surface area contributed by atoms with Crippen molar-refractivity contribution in [1.82, 2.24) is 4.90 Å². The lowest BCUT2D eigenvalue weighted by atomic mass is 10.1. The van der Waals surface area contributed by atoms with E-state index in [0.29, 0.717) is 12.6 Å². The van der Waals surface area contributed by atoms with E-state index in [1.807, 2.05) is 24.3 Å². The predicted molar refractivity (Wildman–Crippen MR) is 91.4 cm³/mol. The second-order valence-electron chi connectivity index (χ2n) is 6.06.